The summed E-state index contributed by atoms with van der Waals surface area (Å²) in [4.78, 5) is 3.38. The molecule has 0 bridgehead atoms. The Morgan fingerprint density at radius 2 is 2.08 bits per heavy atom. The monoisotopic (exact) mass is 186 g/mol. The average Bonchev–Trinajstić information content (AvgIpc) is 2.08. The predicted octanol–water partition coefficient (Wildman–Crippen LogP) is 0.910. The van der Waals surface area contributed by atoms with Crippen molar-refractivity contribution in [2.75, 3.05) is 11.5 Å². The number of hydrogen-bond acceptors (Lipinski definition) is 4. The lowest BCUT2D eigenvalue weighted by molar-refractivity contribution is 0.631. The van der Waals surface area contributed by atoms with Gasteiger partial charge in [0.1, 0.15) is 11.1 Å². The minimum atomic E-state index is -0.890. The van der Waals surface area contributed by atoms with E-state index in [1.165, 1.54) is 0 Å². The number of nitrogen functional groups attached to an aromatic ring is 2. The maximum atomic E-state index is 12.8. The molecule has 0 atom stereocenters. The maximum absolute atomic E-state index is 12.8. The van der Waals surface area contributed by atoms with Crippen molar-refractivity contribution in [1.29, 1.82) is 5.26 Å². The molecule has 0 spiro atoms. The van der Waals surface area contributed by atoms with Gasteiger partial charge in [-0.2, -0.15) is 5.26 Å². The molecule has 0 saturated carbocycles. The first-order valence-corrected chi connectivity index (χ1v) is 3.25. The van der Waals surface area contributed by atoms with Crippen LogP contribution in [0, 0.1) is 17.1 Å². The molecule has 0 aliphatic rings. The lowest BCUT2D eigenvalue weighted by Gasteiger charge is -2.02. The number of rotatable bonds is 0. The first-order chi connectivity index (χ1) is 5.57. The van der Waals surface area contributed by atoms with Crippen molar-refractivity contribution in [3.05, 3.63) is 16.5 Å². The summed E-state index contributed by atoms with van der Waals surface area (Å²) in [5.74, 6) is -1.31. The third-order valence-corrected chi connectivity index (χ3v) is 1.63. The van der Waals surface area contributed by atoms with Crippen molar-refractivity contribution >= 4 is 23.1 Å². The van der Waals surface area contributed by atoms with Gasteiger partial charge in [-0.05, 0) is 0 Å². The molecule has 1 aromatic heterocycles. The van der Waals surface area contributed by atoms with Gasteiger partial charge in [-0.3, -0.25) is 0 Å². The van der Waals surface area contributed by atoms with Crippen LogP contribution in [0.5, 0.6) is 0 Å². The van der Waals surface area contributed by atoms with E-state index >= 15 is 0 Å². The Balaban J connectivity index is 3.52. The van der Waals surface area contributed by atoms with E-state index in [-0.39, 0.29) is 16.4 Å². The minimum absolute atomic E-state index is 0.173. The number of halogens is 2. The number of hydrogen-bond donors (Lipinski definition) is 2. The fourth-order valence-electron chi connectivity index (χ4n) is 0.655. The first-order valence-electron chi connectivity index (χ1n) is 2.88. The van der Waals surface area contributed by atoms with Crippen LogP contribution in [0.1, 0.15) is 5.69 Å². The molecule has 0 radical (unpaired) electrons. The third-order valence-electron chi connectivity index (χ3n) is 1.24. The van der Waals surface area contributed by atoms with Crippen LogP contribution in [-0.2, 0) is 0 Å². The van der Waals surface area contributed by atoms with Crippen LogP contribution in [0.25, 0.3) is 0 Å². The molecule has 4 N–H and O–H groups in total. The predicted molar refractivity (Wildman–Crippen MR) is 42.7 cm³/mol. The standard InChI is InChI=1S/C6H4ClFN4/c7-3-2(1-9)12-6(11)4(8)5(3)10/h(H4,10,11,12). The summed E-state index contributed by atoms with van der Waals surface area (Å²) < 4.78 is 12.8. The summed E-state index contributed by atoms with van der Waals surface area (Å²) >= 11 is 5.47. The normalized spacial score (nSPS) is 9.42. The zero-order chi connectivity index (χ0) is 9.30. The van der Waals surface area contributed by atoms with Crippen molar-refractivity contribution in [2.45, 2.75) is 0 Å². The number of nitrogens with two attached hydrogens (primary N) is 2. The molecule has 62 valence electrons. The third kappa shape index (κ3) is 1.12. The molecule has 0 unspecified atom stereocenters. The van der Waals surface area contributed by atoms with E-state index in [0.29, 0.717) is 0 Å². The van der Waals surface area contributed by atoms with Crippen LogP contribution in [0.2, 0.25) is 5.02 Å². The Labute approximate surface area is 72.6 Å². The van der Waals surface area contributed by atoms with E-state index in [1.807, 2.05) is 0 Å². The highest BCUT2D eigenvalue weighted by Crippen LogP contribution is 2.26. The van der Waals surface area contributed by atoms with Gasteiger partial charge in [0.05, 0.1) is 5.69 Å². The van der Waals surface area contributed by atoms with E-state index in [2.05, 4.69) is 4.98 Å². The van der Waals surface area contributed by atoms with Crippen LogP contribution in [-0.4, -0.2) is 4.98 Å². The summed E-state index contributed by atoms with van der Waals surface area (Å²) in [6.07, 6.45) is 0. The molecular formula is C6H4ClFN4. The molecule has 6 heteroatoms. The zero-order valence-corrected chi connectivity index (χ0v) is 6.56. The van der Waals surface area contributed by atoms with Gasteiger partial charge in [0.15, 0.2) is 17.3 Å². The van der Waals surface area contributed by atoms with Crippen molar-refractivity contribution in [3.8, 4) is 6.07 Å². The fourth-order valence-corrected chi connectivity index (χ4v) is 0.822. The Kier molecular flexibility index (Phi) is 2.02. The highest BCUT2D eigenvalue weighted by molar-refractivity contribution is 6.34. The second kappa shape index (κ2) is 2.83. The molecule has 1 aromatic rings. The molecule has 0 aromatic carbocycles. The molecular weight excluding hydrogens is 183 g/mol. The molecule has 1 heterocycles. The highest BCUT2D eigenvalue weighted by Gasteiger charge is 2.13. The Bertz CT molecular complexity index is 371. The summed E-state index contributed by atoms with van der Waals surface area (Å²) in [7, 11) is 0. The molecule has 0 fully saturated rings. The van der Waals surface area contributed by atoms with E-state index in [0.717, 1.165) is 0 Å². The summed E-state index contributed by atoms with van der Waals surface area (Å²) in [6, 6.07) is 1.63. The average molecular weight is 187 g/mol. The second-order valence-electron chi connectivity index (χ2n) is 2.00. The quantitative estimate of drug-likeness (QED) is 0.630. The van der Waals surface area contributed by atoms with Crippen LogP contribution >= 0.6 is 11.6 Å². The Morgan fingerprint density at radius 1 is 1.50 bits per heavy atom. The smallest absolute Gasteiger partial charge is 0.189 e. The minimum Gasteiger partial charge on any atom is -0.395 e. The molecule has 4 nitrogen and oxygen atoms in total. The Hall–Kier alpha value is -1.54. The lowest BCUT2D eigenvalue weighted by Crippen LogP contribution is -2.03. The van der Waals surface area contributed by atoms with Crippen molar-refractivity contribution in [3.63, 3.8) is 0 Å². The summed E-state index contributed by atoms with van der Waals surface area (Å²) in [5.41, 5.74) is 9.75. The number of nitriles is 1. The number of pyridine rings is 1. The number of nitrogens with zero attached hydrogens (tertiary/aromatic N) is 2. The van der Waals surface area contributed by atoms with Crippen molar-refractivity contribution in [1.82, 2.24) is 4.98 Å². The molecule has 1 rings (SSSR count). The lowest BCUT2D eigenvalue weighted by atomic mass is 10.3. The largest absolute Gasteiger partial charge is 0.395 e. The van der Waals surface area contributed by atoms with Gasteiger partial charge in [-0.15, -0.1) is 0 Å². The number of anilines is 2. The van der Waals surface area contributed by atoms with Gasteiger partial charge >= 0.3 is 0 Å². The van der Waals surface area contributed by atoms with E-state index in [9.17, 15) is 4.39 Å². The molecule has 0 amide bonds. The van der Waals surface area contributed by atoms with Gasteiger partial charge in [0.25, 0.3) is 0 Å². The molecule has 0 saturated heterocycles. The molecule has 12 heavy (non-hydrogen) atoms. The van der Waals surface area contributed by atoms with E-state index < -0.39 is 11.6 Å². The van der Waals surface area contributed by atoms with E-state index in [4.69, 9.17) is 28.3 Å². The molecule has 0 aliphatic heterocycles. The maximum Gasteiger partial charge on any atom is 0.189 e. The van der Waals surface area contributed by atoms with Crippen LogP contribution in [0.15, 0.2) is 0 Å². The van der Waals surface area contributed by atoms with Crippen molar-refractivity contribution in [2.24, 2.45) is 0 Å². The molecule has 0 aliphatic carbocycles. The Morgan fingerprint density at radius 3 is 2.58 bits per heavy atom. The topological polar surface area (TPSA) is 88.7 Å². The van der Waals surface area contributed by atoms with Crippen molar-refractivity contribution < 1.29 is 4.39 Å². The van der Waals surface area contributed by atoms with Gasteiger partial charge in [-0.1, -0.05) is 11.6 Å². The van der Waals surface area contributed by atoms with Gasteiger partial charge in [0, 0.05) is 0 Å². The second-order valence-corrected chi connectivity index (χ2v) is 2.38. The van der Waals surface area contributed by atoms with Crippen LogP contribution in [0.4, 0.5) is 15.9 Å². The summed E-state index contributed by atoms with van der Waals surface area (Å²) in [5, 5.41) is 8.22. The fraction of sp³-hybridized carbons (Fsp3) is 0. The van der Waals surface area contributed by atoms with Gasteiger partial charge in [-0.25, -0.2) is 9.37 Å². The van der Waals surface area contributed by atoms with Crippen LogP contribution in [0.3, 0.4) is 0 Å². The van der Waals surface area contributed by atoms with Crippen LogP contribution < -0.4 is 11.5 Å². The zero-order valence-electron chi connectivity index (χ0n) is 5.81. The first kappa shape index (κ1) is 8.56. The van der Waals surface area contributed by atoms with E-state index in [1.54, 1.807) is 6.07 Å². The van der Waals surface area contributed by atoms with Gasteiger partial charge in [0.2, 0.25) is 0 Å². The van der Waals surface area contributed by atoms with Gasteiger partial charge < -0.3 is 11.5 Å². The highest BCUT2D eigenvalue weighted by atomic mass is 35.5. The number of aromatic nitrogens is 1. The SMILES string of the molecule is N#Cc1nc(N)c(F)c(N)c1Cl. The summed E-state index contributed by atoms with van der Waals surface area (Å²) in [6.45, 7) is 0.